The zero-order valence-corrected chi connectivity index (χ0v) is 31.2. The van der Waals surface area contributed by atoms with E-state index < -0.39 is 0 Å². The first-order valence-electron chi connectivity index (χ1n) is 18.8. The maximum Gasteiger partial charge on any atom is 0.163 e. The topological polar surface area (TPSA) is 45.2 Å². The van der Waals surface area contributed by atoms with Crippen LogP contribution in [0.2, 0.25) is 0 Å². The highest BCUT2D eigenvalue weighted by Gasteiger charge is 2.38. The van der Waals surface area contributed by atoms with E-state index in [-0.39, 0.29) is 11.3 Å². The van der Waals surface area contributed by atoms with Gasteiger partial charge in [0.15, 0.2) is 11.6 Å². The molecular formula is C48H39N5S. The van der Waals surface area contributed by atoms with Crippen molar-refractivity contribution in [2.45, 2.75) is 49.3 Å². The van der Waals surface area contributed by atoms with Crippen LogP contribution in [-0.2, 0) is 5.41 Å². The second-order valence-electron chi connectivity index (χ2n) is 14.7. The summed E-state index contributed by atoms with van der Waals surface area (Å²) in [7, 11) is 0. The standard InChI is InChI=1S/C48H39N5S/c1-48(2)37-19-9-10-20-39(37)52(40-30-29-36(31-38(40)48)53-41-21-11-13-23-43(41)54-44-24-14-12-22-42(44)53)35-27-25-34(26-28-35)47-50-45(32-15-5-3-6-16-32)49-46(51-47)33-17-7-4-8-18-33/h3-13,15-17,19-23,25-31,33H,14,18,24H2,1-2H3. The molecule has 0 fully saturated rings. The van der Waals surface area contributed by atoms with E-state index >= 15 is 0 Å². The molecule has 0 bridgehead atoms. The average molecular weight is 718 g/mol. The van der Waals surface area contributed by atoms with Gasteiger partial charge in [-0.05, 0) is 97.1 Å². The van der Waals surface area contributed by atoms with Crippen LogP contribution < -0.4 is 9.80 Å². The molecule has 54 heavy (non-hydrogen) atoms. The van der Waals surface area contributed by atoms with Crippen molar-refractivity contribution in [3.8, 4) is 22.8 Å². The quantitative estimate of drug-likeness (QED) is 0.177. The number of thioether (sulfide) groups is 1. The lowest BCUT2D eigenvalue weighted by molar-refractivity contribution is 0.632. The van der Waals surface area contributed by atoms with E-state index in [0.717, 1.165) is 41.9 Å². The van der Waals surface area contributed by atoms with Gasteiger partial charge < -0.3 is 9.80 Å². The largest absolute Gasteiger partial charge is 0.310 e. The molecule has 2 aliphatic carbocycles. The Morgan fingerprint density at radius 1 is 0.630 bits per heavy atom. The number of para-hydroxylation sites is 2. The first-order chi connectivity index (χ1) is 26.5. The minimum Gasteiger partial charge on any atom is -0.310 e. The normalized spacial score (nSPS) is 17.9. The number of aromatic nitrogens is 3. The van der Waals surface area contributed by atoms with Crippen LogP contribution in [0.3, 0.4) is 0 Å². The van der Waals surface area contributed by atoms with Gasteiger partial charge in [-0.3, -0.25) is 0 Å². The summed E-state index contributed by atoms with van der Waals surface area (Å²) in [4.78, 5) is 22.7. The molecule has 3 heterocycles. The number of anilines is 5. The SMILES string of the molecule is CC1(C)c2ccccc2N(c2ccc(-c3nc(-c4ccccc4)nc(C4C=CC=CC4)n3)cc2)c2ccc(N3C4=C(CCC=C4)Sc4ccccc43)cc21. The molecule has 5 aromatic carbocycles. The van der Waals surface area contributed by atoms with E-state index in [0.29, 0.717) is 11.6 Å². The number of nitrogens with zero attached hydrogens (tertiary/aromatic N) is 5. The molecule has 0 radical (unpaired) electrons. The molecule has 4 aliphatic rings. The molecule has 0 saturated heterocycles. The third-order valence-corrected chi connectivity index (χ3v) is 12.3. The fourth-order valence-corrected chi connectivity index (χ4v) is 9.41. The minimum atomic E-state index is -0.222. The van der Waals surface area contributed by atoms with Gasteiger partial charge in [-0.15, -0.1) is 0 Å². The lowest BCUT2D eigenvalue weighted by atomic mass is 9.73. The van der Waals surface area contributed by atoms with Crippen molar-refractivity contribution in [2.75, 3.05) is 9.80 Å². The summed E-state index contributed by atoms with van der Waals surface area (Å²) < 4.78 is 0. The summed E-state index contributed by atoms with van der Waals surface area (Å²) in [5, 5.41) is 0. The van der Waals surface area contributed by atoms with Gasteiger partial charge in [0, 0.05) is 43.6 Å². The summed E-state index contributed by atoms with van der Waals surface area (Å²) >= 11 is 1.92. The zero-order valence-electron chi connectivity index (χ0n) is 30.4. The number of allylic oxidation sites excluding steroid dienone is 7. The summed E-state index contributed by atoms with van der Waals surface area (Å²) in [6, 6.07) is 43.6. The van der Waals surface area contributed by atoms with Crippen LogP contribution in [0, 0.1) is 0 Å². The van der Waals surface area contributed by atoms with Crippen molar-refractivity contribution in [3.05, 3.63) is 185 Å². The van der Waals surface area contributed by atoms with Crippen molar-refractivity contribution in [3.63, 3.8) is 0 Å². The van der Waals surface area contributed by atoms with E-state index in [9.17, 15) is 0 Å². The van der Waals surface area contributed by atoms with Crippen LogP contribution in [-0.4, -0.2) is 15.0 Å². The van der Waals surface area contributed by atoms with E-state index in [2.05, 4.69) is 163 Å². The number of hydrogen-bond acceptors (Lipinski definition) is 6. The number of fused-ring (bicyclic) bond motifs is 3. The molecule has 0 spiro atoms. The second-order valence-corrected chi connectivity index (χ2v) is 15.9. The fraction of sp³-hybridized carbons (Fsp3) is 0.146. The first-order valence-corrected chi connectivity index (χ1v) is 19.6. The van der Waals surface area contributed by atoms with E-state index in [1.807, 2.05) is 30.0 Å². The monoisotopic (exact) mass is 717 g/mol. The Balaban J connectivity index is 1.07. The van der Waals surface area contributed by atoms with Gasteiger partial charge in [0.05, 0.1) is 22.8 Å². The molecule has 6 aromatic rings. The van der Waals surface area contributed by atoms with Crippen LogP contribution in [0.1, 0.15) is 56.0 Å². The highest BCUT2D eigenvalue weighted by molar-refractivity contribution is 8.03. The highest BCUT2D eigenvalue weighted by atomic mass is 32.2. The van der Waals surface area contributed by atoms with E-state index in [1.165, 1.54) is 49.4 Å². The Labute approximate surface area is 321 Å². The lowest BCUT2D eigenvalue weighted by Crippen LogP contribution is -2.31. The van der Waals surface area contributed by atoms with Crippen LogP contribution >= 0.6 is 11.8 Å². The molecule has 0 saturated carbocycles. The van der Waals surface area contributed by atoms with Crippen LogP contribution in [0.15, 0.2) is 173 Å². The van der Waals surface area contributed by atoms with Gasteiger partial charge >= 0.3 is 0 Å². The smallest absolute Gasteiger partial charge is 0.163 e. The Morgan fingerprint density at radius 2 is 1.33 bits per heavy atom. The van der Waals surface area contributed by atoms with Gasteiger partial charge in [-0.25, -0.2) is 15.0 Å². The summed E-state index contributed by atoms with van der Waals surface area (Å²) in [5.74, 6) is 2.29. The Morgan fingerprint density at radius 3 is 2.13 bits per heavy atom. The highest BCUT2D eigenvalue weighted by Crippen LogP contribution is 2.55. The van der Waals surface area contributed by atoms with Crippen molar-refractivity contribution in [2.24, 2.45) is 0 Å². The molecule has 0 amide bonds. The van der Waals surface area contributed by atoms with Gasteiger partial charge in [-0.2, -0.15) is 0 Å². The van der Waals surface area contributed by atoms with E-state index in [4.69, 9.17) is 15.0 Å². The van der Waals surface area contributed by atoms with Gasteiger partial charge in [0.2, 0.25) is 0 Å². The number of benzene rings is 5. The molecule has 0 N–H and O–H groups in total. The maximum atomic E-state index is 5.05. The predicted octanol–water partition coefficient (Wildman–Crippen LogP) is 12.7. The first kappa shape index (κ1) is 32.7. The van der Waals surface area contributed by atoms with E-state index in [1.54, 1.807) is 0 Å². The minimum absolute atomic E-state index is 0.113. The zero-order chi connectivity index (χ0) is 36.2. The molecule has 1 atom stereocenters. The lowest BCUT2D eigenvalue weighted by Gasteiger charge is -2.43. The molecule has 1 unspecified atom stereocenters. The number of rotatable bonds is 5. The predicted molar refractivity (Wildman–Crippen MR) is 223 cm³/mol. The Bertz CT molecular complexity index is 2550. The van der Waals surface area contributed by atoms with Crippen molar-refractivity contribution >= 4 is 40.2 Å². The fourth-order valence-electron chi connectivity index (χ4n) is 8.25. The van der Waals surface area contributed by atoms with Crippen LogP contribution in [0.4, 0.5) is 28.4 Å². The second kappa shape index (κ2) is 13.2. The molecular weight excluding hydrogens is 679 g/mol. The summed E-state index contributed by atoms with van der Waals surface area (Å²) in [6.07, 6.45) is 16.2. The molecule has 2 aliphatic heterocycles. The molecule has 5 nitrogen and oxygen atoms in total. The molecule has 10 rings (SSSR count). The number of hydrogen-bond donors (Lipinski definition) is 0. The van der Waals surface area contributed by atoms with Crippen LogP contribution in [0.25, 0.3) is 22.8 Å². The summed E-state index contributed by atoms with van der Waals surface area (Å²) in [6.45, 7) is 4.72. The van der Waals surface area contributed by atoms with Crippen molar-refractivity contribution in [1.29, 1.82) is 0 Å². The average Bonchev–Trinajstić information content (AvgIpc) is 3.23. The van der Waals surface area contributed by atoms with Gasteiger partial charge in [0.25, 0.3) is 0 Å². The molecule has 262 valence electrons. The Hall–Kier alpha value is -5.98. The van der Waals surface area contributed by atoms with Crippen molar-refractivity contribution < 1.29 is 0 Å². The van der Waals surface area contributed by atoms with Gasteiger partial charge in [0.1, 0.15) is 5.82 Å². The van der Waals surface area contributed by atoms with Crippen LogP contribution in [0.5, 0.6) is 0 Å². The third-order valence-electron chi connectivity index (χ3n) is 11.0. The Kier molecular flexibility index (Phi) is 7.95. The molecule has 1 aromatic heterocycles. The third kappa shape index (κ3) is 5.52. The van der Waals surface area contributed by atoms with Gasteiger partial charge in [-0.1, -0.05) is 117 Å². The molecule has 6 heteroatoms. The summed E-state index contributed by atoms with van der Waals surface area (Å²) in [5.41, 5.74) is 11.5. The maximum absolute atomic E-state index is 5.05. The van der Waals surface area contributed by atoms with Crippen molar-refractivity contribution in [1.82, 2.24) is 15.0 Å².